The van der Waals surface area contributed by atoms with Crippen molar-refractivity contribution < 1.29 is 19.1 Å². The molecular weight excluding hydrogens is 314 g/mol. The van der Waals surface area contributed by atoms with Gasteiger partial charge in [0.25, 0.3) is 5.91 Å². The summed E-state index contributed by atoms with van der Waals surface area (Å²) in [5.41, 5.74) is 1.28. The minimum absolute atomic E-state index is 0.284. The summed E-state index contributed by atoms with van der Waals surface area (Å²) in [6.07, 6.45) is 3.05. The van der Waals surface area contributed by atoms with Crippen LogP contribution in [0.1, 0.15) is 15.9 Å². The maximum atomic E-state index is 12.0. The Morgan fingerprint density at radius 2 is 2.04 bits per heavy atom. The first-order valence-electron chi connectivity index (χ1n) is 7.30. The van der Waals surface area contributed by atoms with Crippen LogP contribution in [0, 0.1) is 0 Å². The number of carbonyl (C=O) groups excluding carboxylic acids is 3. The molecule has 9 heteroatoms. The van der Waals surface area contributed by atoms with Crippen LogP contribution in [0.2, 0.25) is 0 Å². The number of rotatable bonds is 5. The van der Waals surface area contributed by atoms with E-state index in [1.807, 2.05) is 0 Å². The maximum Gasteiger partial charge on any atom is 0.338 e. The van der Waals surface area contributed by atoms with Crippen molar-refractivity contribution in [1.82, 2.24) is 25.0 Å². The molecule has 1 saturated heterocycles. The van der Waals surface area contributed by atoms with Crippen LogP contribution in [-0.4, -0.2) is 57.3 Å². The van der Waals surface area contributed by atoms with Crippen molar-refractivity contribution in [2.75, 3.05) is 19.7 Å². The van der Waals surface area contributed by atoms with Crippen molar-refractivity contribution in [3.63, 3.8) is 0 Å². The lowest BCUT2D eigenvalue weighted by molar-refractivity contribution is -0.130. The molecule has 24 heavy (non-hydrogen) atoms. The summed E-state index contributed by atoms with van der Waals surface area (Å²) in [6.45, 7) is 0.767. The van der Waals surface area contributed by atoms with Crippen molar-refractivity contribution in [1.29, 1.82) is 0 Å². The van der Waals surface area contributed by atoms with Crippen molar-refractivity contribution in [2.45, 2.75) is 6.54 Å². The van der Waals surface area contributed by atoms with E-state index >= 15 is 0 Å². The molecule has 0 radical (unpaired) electrons. The van der Waals surface area contributed by atoms with Gasteiger partial charge in [-0.1, -0.05) is 12.1 Å². The van der Waals surface area contributed by atoms with Crippen LogP contribution in [0.4, 0.5) is 4.79 Å². The number of imide groups is 1. The number of urea groups is 1. The van der Waals surface area contributed by atoms with Crippen molar-refractivity contribution in [3.05, 3.63) is 48.0 Å². The second-order valence-corrected chi connectivity index (χ2v) is 5.14. The molecule has 1 fully saturated rings. The van der Waals surface area contributed by atoms with Gasteiger partial charge in [-0.2, -0.15) is 5.10 Å². The van der Waals surface area contributed by atoms with Gasteiger partial charge in [0, 0.05) is 13.1 Å². The van der Waals surface area contributed by atoms with Gasteiger partial charge >= 0.3 is 12.0 Å². The first kappa shape index (κ1) is 15.7. The number of nitrogens with zero attached hydrogens (tertiary/aromatic N) is 4. The standard InChI is InChI=1S/C15H15N5O4/c21-13(20-6-5-17-15(20)23)8-24-14(22)12-3-1-11(2-4-12)7-19-10-16-9-18-19/h1-4,9-10H,5-8H2,(H,17,23). The van der Waals surface area contributed by atoms with Gasteiger partial charge < -0.3 is 10.1 Å². The number of nitrogens with one attached hydrogen (secondary N) is 1. The highest BCUT2D eigenvalue weighted by molar-refractivity contribution is 5.98. The SMILES string of the molecule is O=C(OCC(=O)N1CCNC1=O)c1ccc(Cn2cncn2)cc1. The van der Waals surface area contributed by atoms with Gasteiger partial charge in [-0.3, -0.25) is 9.69 Å². The number of benzene rings is 1. The van der Waals surface area contributed by atoms with Crippen LogP contribution in [0.15, 0.2) is 36.9 Å². The molecule has 0 unspecified atom stereocenters. The predicted octanol–water partition coefficient (Wildman–Crippen LogP) is 0.0350. The molecule has 9 nitrogen and oxygen atoms in total. The molecule has 0 spiro atoms. The lowest BCUT2D eigenvalue weighted by Crippen LogP contribution is -2.37. The van der Waals surface area contributed by atoms with Crippen LogP contribution < -0.4 is 5.32 Å². The van der Waals surface area contributed by atoms with E-state index < -0.39 is 24.5 Å². The minimum atomic E-state index is -0.615. The van der Waals surface area contributed by atoms with E-state index in [9.17, 15) is 14.4 Å². The van der Waals surface area contributed by atoms with Gasteiger partial charge in [-0.15, -0.1) is 0 Å². The van der Waals surface area contributed by atoms with E-state index in [4.69, 9.17) is 4.74 Å². The van der Waals surface area contributed by atoms with Crippen LogP contribution in [0.5, 0.6) is 0 Å². The third kappa shape index (κ3) is 3.57. The number of aromatic nitrogens is 3. The van der Waals surface area contributed by atoms with Crippen LogP contribution in [0.3, 0.4) is 0 Å². The van der Waals surface area contributed by atoms with Crippen molar-refractivity contribution >= 4 is 17.9 Å². The van der Waals surface area contributed by atoms with E-state index in [1.165, 1.54) is 6.33 Å². The van der Waals surface area contributed by atoms with E-state index in [0.717, 1.165) is 10.5 Å². The smallest absolute Gasteiger partial charge is 0.338 e. The van der Waals surface area contributed by atoms with E-state index in [1.54, 1.807) is 35.3 Å². The molecule has 3 rings (SSSR count). The van der Waals surface area contributed by atoms with E-state index in [0.29, 0.717) is 18.7 Å². The third-order valence-electron chi connectivity index (χ3n) is 3.49. The zero-order chi connectivity index (χ0) is 16.9. The molecule has 1 aromatic heterocycles. The minimum Gasteiger partial charge on any atom is -0.452 e. The fourth-order valence-electron chi connectivity index (χ4n) is 2.25. The number of amides is 3. The molecule has 0 saturated carbocycles. The van der Waals surface area contributed by atoms with Gasteiger partial charge in [0.05, 0.1) is 12.1 Å². The Morgan fingerprint density at radius 3 is 2.67 bits per heavy atom. The topological polar surface area (TPSA) is 106 Å². The second kappa shape index (κ2) is 6.90. The quantitative estimate of drug-likeness (QED) is 0.776. The summed E-state index contributed by atoms with van der Waals surface area (Å²) in [7, 11) is 0. The monoisotopic (exact) mass is 329 g/mol. The first-order chi connectivity index (χ1) is 11.6. The highest BCUT2D eigenvalue weighted by Gasteiger charge is 2.26. The molecule has 3 amide bonds. The Bertz CT molecular complexity index is 742. The Kier molecular flexibility index (Phi) is 4.50. The summed E-state index contributed by atoms with van der Waals surface area (Å²) in [5, 5.41) is 6.51. The highest BCUT2D eigenvalue weighted by Crippen LogP contribution is 2.08. The third-order valence-corrected chi connectivity index (χ3v) is 3.49. The lowest BCUT2D eigenvalue weighted by Gasteiger charge is -2.12. The molecule has 0 aliphatic carbocycles. The van der Waals surface area contributed by atoms with Crippen LogP contribution >= 0.6 is 0 Å². The van der Waals surface area contributed by atoms with Gasteiger partial charge in [0.2, 0.25) is 0 Å². The molecule has 1 aliphatic rings. The van der Waals surface area contributed by atoms with Gasteiger partial charge in [0.1, 0.15) is 12.7 Å². The van der Waals surface area contributed by atoms with Crippen molar-refractivity contribution in [3.8, 4) is 0 Å². The largest absolute Gasteiger partial charge is 0.452 e. The molecule has 2 heterocycles. The lowest BCUT2D eigenvalue weighted by atomic mass is 10.1. The Morgan fingerprint density at radius 1 is 1.25 bits per heavy atom. The van der Waals surface area contributed by atoms with Crippen LogP contribution in [0.25, 0.3) is 0 Å². The Labute approximate surface area is 137 Å². The van der Waals surface area contributed by atoms with Crippen LogP contribution in [-0.2, 0) is 16.1 Å². The summed E-state index contributed by atoms with van der Waals surface area (Å²) in [6, 6.07) is 6.30. The molecule has 0 bridgehead atoms. The number of hydrogen-bond acceptors (Lipinski definition) is 6. The fraction of sp³-hybridized carbons (Fsp3) is 0.267. The number of ether oxygens (including phenoxy) is 1. The molecule has 0 atom stereocenters. The summed E-state index contributed by atoms with van der Waals surface area (Å²) >= 11 is 0. The first-order valence-corrected chi connectivity index (χ1v) is 7.30. The Hall–Kier alpha value is -3.23. The Balaban J connectivity index is 1.53. The average Bonchev–Trinajstić information content (AvgIpc) is 3.24. The maximum absolute atomic E-state index is 12.0. The number of esters is 1. The summed E-state index contributed by atoms with van der Waals surface area (Å²) in [4.78, 5) is 40.0. The zero-order valence-corrected chi connectivity index (χ0v) is 12.7. The number of hydrogen-bond donors (Lipinski definition) is 1. The fourth-order valence-corrected chi connectivity index (χ4v) is 2.25. The summed E-state index contributed by atoms with van der Waals surface area (Å²) in [5.74, 6) is -1.16. The van der Waals surface area contributed by atoms with Gasteiger partial charge in [-0.05, 0) is 17.7 Å². The highest BCUT2D eigenvalue weighted by atomic mass is 16.5. The molecular formula is C15H15N5O4. The van der Waals surface area contributed by atoms with Crippen molar-refractivity contribution in [2.24, 2.45) is 0 Å². The predicted molar refractivity (Wildman–Crippen MR) is 81.0 cm³/mol. The van der Waals surface area contributed by atoms with E-state index in [2.05, 4.69) is 15.4 Å². The molecule has 124 valence electrons. The average molecular weight is 329 g/mol. The molecule has 1 N–H and O–H groups in total. The number of carbonyl (C=O) groups is 3. The molecule has 1 aliphatic heterocycles. The van der Waals surface area contributed by atoms with Gasteiger partial charge in [0.15, 0.2) is 6.61 Å². The molecule has 2 aromatic rings. The normalized spacial score (nSPS) is 13.7. The summed E-state index contributed by atoms with van der Waals surface area (Å²) < 4.78 is 6.62. The van der Waals surface area contributed by atoms with Gasteiger partial charge in [-0.25, -0.2) is 19.3 Å². The van der Waals surface area contributed by atoms with E-state index in [-0.39, 0.29) is 6.54 Å². The zero-order valence-electron chi connectivity index (χ0n) is 12.7. The second-order valence-electron chi connectivity index (χ2n) is 5.14. The molecule has 1 aromatic carbocycles.